The van der Waals surface area contributed by atoms with E-state index in [1.165, 1.54) is 13.1 Å². The third kappa shape index (κ3) is 2.77. The maximum Gasteiger partial charge on any atom is 0.182 e. The second-order valence-electron chi connectivity index (χ2n) is 3.44. The zero-order valence-corrected chi connectivity index (χ0v) is 7.60. The molecule has 0 spiro atoms. The summed E-state index contributed by atoms with van der Waals surface area (Å²) in [5, 5.41) is 3.35. The van der Waals surface area contributed by atoms with Crippen molar-refractivity contribution in [2.24, 2.45) is 0 Å². The van der Waals surface area contributed by atoms with Crippen molar-refractivity contribution in [1.29, 1.82) is 0 Å². The first-order valence-electron chi connectivity index (χ1n) is 4.39. The molecule has 1 aliphatic rings. The Bertz CT molecular complexity index is 111. The molecule has 1 saturated heterocycles. The van der Waals surface area contributed by atoms with Crippen LogP contribution in [-0.4, -0.2) is 51.0 Å². The molecule has 11 heavy (non-hydrogen) atoms. The predicted octanol–water partition coefficient (Wildman–Crippen LogP) is 0.0302. The van der Waals surface area contributed by atoms with Gasteiger partial charge in [-0.15, -0.1) is 0 Å². The van der Waals surface area contributed by atoms with Crippen LogP contribution in [0.4, 0.5) is 0 Å². The highest BCUT2D eigenvalue weighted by Crippen LogP contribution is 2.03. The monoisotopic (exact) mass is 159 g/mol. The molecule has 0 atom stereocenters. The van der Waals surface area contributed by atoms with Crippen LogP contribution >= 0.6 is 0 Å². The minimum absolute atomic E-state index is 0.835. The van der Waals surface area contributed by atoms with Gasteiger partial charge in [0, 0.05) is 19.7 Å². The van der Waals surface area contributed by atoms with Gasteiger partial charge < -0.3 is 14.5 Å². The van der Waals surface area contributed by atoms with E-state index in [0.717, 1.165) is 30.9 Å². The maximum absolute atomic E-state index is 5.42. The Kier molecular flexibility index (Phi) is 3.30. The highest BCUT2D eigenvalue weighted by molar-refractivity contribution is 4.52. The van der Waals surface area contributed by atoms with E-state index in [1.807, 2.05) is 6.92 Å². The molecule has 3 nitrogen and oxygen atoms in total. The molecule has 0 bridgehead atoms. The zero-order valence-electron chi connectivity index (χ0n) is 7.60. The van der Waals surface area contributed by atoms with Gasteiger partial charge >= 0.3 is 0 Å². The number of ether oxygens (including phenoxy) is 1. The average molecular weight is 159 g/mol. The lowest BCUT2D eigenvalue weighted by atomic mass is 10.3. The van der Waals surface area contributed by atoms with Crippen LogP contribution in [0.1, 0.15) is 6.92 Å². The third-order valence-corrected chi connectivity index (χ3v) is 2.26. The second-order valence-corrected chi connectivity index (χ2v) is 3.44. The summed E-state index contributed by atoms with van der Waals surface area (Å²) in [4.78, 5) is 0. The number of nitrogens with one attached hydrogen (secondary N) is 1. The van der Waals surface area contributed by atoms with Crippen LogP contribution < -0.4 is 5.32 Å². The molecule has 1 heterocycles. The number of hydrogen-bond donors (Lipinski definition) is 1. The van der Waals surface area contributed by atoms with Crippen molar-refractivity contribution in [1.82, 2.24) is 5.32 Å². The number of quaternary nitrogens is 1. The van der Waals surface area contributed by atoms with E-state index >= 15 is 0 Å². The van der Waals surface area contributed by atoms with E-state index in [-0.39, 0.29) is 0 Å². The molecular weight excluding hydrogens is 140 g/mol. The second kappa shape index (κ2) is 4.04. The largest absolute Gasteiger partial charge is 0.332 e. The van der Waals surface area contributed by atoms with E-state index in [1.54, 1.807) is 0 Å². The van der Waals surface area contributed by atoms with Gasteiger partial charge in [-0.25, -0.2) is 0 Å². The molecule has 0 aromatic rings. The predicted molar refractivity (Wildman–Crippen MR) is 45.3 cm³/mol. The first-order valence-corrected chi connectivity index (χ1v) is 4.39. The Morgan fingerprint density at radius 2 is 2.00 bits per heavy atom. The van der Waals surface area contributed by atoms with Gasteiger partial charge in [0.1, 0.15) is 0 Å². The standard InChI is InChI=1S/C8H19N2O/c1-3-11-8-10(2)6-4-9-5-7-10/h9H,3-8H2,1-2H3/q+1. The van der Waals surface area contributed by atoms with Crippen LogP contribution in [0.15, 0.2) is 0 Å². The van der Waals surface area contributed by atoms with Gasteiger partial charge in [-0.05, 0) is 6.92 Å². The summed E-state index contributed by atoms with van der Waals surface area (Å²) in [6, 6.07) is 0. The Morgan fingerprint density at radius 3 is 2.55 bits per heavy atom. The molecule has 0 saturated carbocycles. The summed E-state index contributed by atoms with van der Waals surface area (Å²) in [7, 11) is 2.26. The normalized spacial score (nSPS) is 23.5. The lowest BCUT2D eigenvalue weighted by Gasteiger charge is -2.37. The lowest BCUT2D eigenvalue weighted by molar-refractivity contribution is -0.929. The van der Waals surface area contributed by atoms with Crippen molar-refractivity contribution in [2.75, 3.05) is 46.6 Å². The summed E-state index contributed by atoms with van der Waals surface area (Å²) in [5.74, 6) is 0. The fraction of sp³-hybridized carbons (Fsp3) is 1.00. The van der Waals surface area contributed by atoms with Crippen molar-refractivity contribution in [3.05, 3.63) is 0 Å². The number of likely N-dealkylation sites (N-methyl/N-ethyl adjacent to an activating group) is 1. The lowest BCUT2D eigenvalue weighted by Crippen LogP contribution is -2.56. The number of nitrogens with zero attached hydrogens (tertiary/aromatic N) is 1. The molecule has 1 rings (SSSR count). The summed E-state index contributed by atoms with van der Waals surface area (Å²) >= 11 is 0. The summed E-state index contributed by atoms with van der Waals surface area (Å²) < 4.78 is 6.49. The minimum atomic E-state index is 0.835. The molecule has 1 N–H and O–H groups in total. The van der Waals surface area contributed by atoms with Crippen molar-refractivity contribution in [2.45, 2.75) is 6.92 Å². The average Bonchev–Trinajstić information content (AvgIpc) is 2.03. The molecule has 0 aromatic carbocycles. The fourth-order valence-corrected chi connectivity index (χ4v) is 1.38. The third-order valence-electron chi connectivity index (χ3n) is 2.26. The number of rotatable bonds is 3. The van der Waals surface area contributed by atoms with Crippen LogP contribution in [0.3, 0.4) is 0 Å². The molecule has 0 radical (unpaired) electrons. The maximum atomic E-state index is 5.42. The van der Waals surface area contributed by atoms with Crippen LogP contribution in [-0.2, 0) is 4.74 Å². The Hall–Kier alpha value is -0.120. The molecule has 0 aromatic heterocycles. The quantitative estimate of drug-likeness (QED) is 0.587. The van der Waals surface area contributed by atoms with Crippen LogP contribution in [0, 0.1) is 0 Å². The van der Waals surface area contributed by atoms with Crippen LogP contribution in [0.2, 0.25) is 0 Å². The van der Waals surface area contributed by atoms with Crippen molar-refractivity contribution in [3.63, 3.8) is 0 Å². The topological polar surface area (TPSA) is 21.3 Å². The summed E-state index contributed by atoms with van der Waals surface area (Å²) in [5.41, 5.74) is 0. The van der Waals surface area contributed by atoms with Gasteiger partial charge in [0.15, 0.2) is 6.73 Å². The summed E-state index contributed by atoms with van der Waals surface area (Å²) in [6.45, 7) is 8.40. The highest BCUT2D eigenvalue weighted by atomic mass is 16.5. The molecule has 3 heteroatoms. The van der Waals surface area contributed by atoms with Gasteiger partial charge in [-0.1, -0.05) is 0 Å². The van der Waals surface area contributed by atoms with Crippen molar-refractivity contribution in [3.8, 4) is 0 Å². The molecule has 66 valence electrons. The van der Waals surface area contributed by atoms with Gasteiger partial charge in [0.25, 0.3) is 0 Å². The minimum Gasteiger partial charge on any atom is -0.332 e. The van der Waals surface area contributed by atoms with Gasteiger partial charge in [0.2, 0.25) is 0 Å². The van der Waals surface area contributed by atoms with Gasteiger partial charge in [0.05, 0.1) is 20.1 Å². The molecule has 1 aliphatic heterocycles. The first kappa shape index (κ1) is 8.97. The Balaban J connectivity index is 2.25. The first-order chi connectivity index (χ1) is 5.27. The molecular formula is C8H19N2O+. The van der Waals surface area contributed by atoms with E-state index in [0.29, 0.717) is 0 Å². The van der Waals surface area contributed by atoms with Crippen LogP contribution in [0.5, 0.6) is 0 Å². The van der Waals surface area contributed by atoms with E-state index in [4.69, 9.17) is 4.74 Å². The SMILES string of the molecule is CCOC[N+]1(C)CCNCC1. The van der Waals surface area contributed by atoms with E-state index < -0.39 is 0 Å². The van der Waals surface area contributed by atoms with E-state index in [2.05, 4.69) is 12.4 Å². The highest BCUT2D eigenvalue weighted by Gasteiger charge is 2.23. The summed E-state index contributed by atoms with van der Waals surface area (Å²) in [6.07, 6.45) is 0. The fourth-order valence-electron chi connectivity index (χ4n) is 1.38. The molecule has 0 aliphatic carbocycles. The van der Waals surface area contributed by atoms with E-state index in [9.17, 15) is 0 Å². The zero-order chi connectivity index (χ0) is 8.16. The van der Waals surface area contributed by atoms with Gasteiger partial charge in [-0.3, -0.25) is 0 Å². The Morgan fingerprint density at radius 1 is 1.36 bits per heavy atom. The van der Waals surface area contributed by atoms with Crippen molar-refractivity contribution >= 4 is 0 Å². The molecule has 1 fully saturated rings. The van der Waals surface area contributed by atoms with Crippen molar-refractivity contribution < 1.29 is 9.22 Å². The van der Waals surface area contributed by atoms with Gasteiger partial charge in [-0.2, -0.15) is 0 Å². The molecule has 0 amide bonds. The number of hydrogen-bond acceptors (Lipinski definition) is 2. The smallest absolute Gasteiger partial charge is 0.182 e. The molecule has 0 unspecified atom stereocenters. The Labute approximate surface area is 68.9 Å². The number of piperazine rings is 1. The van der Waals surface area contributed by atoms with Crippen LogP contribution in [0.25, 0.3) is 0 Å².